The Hall–Kier alpha value is -2.91. The van der Waals surface area contributed by atoms with E-state index in [1.165, 1.54) is 18.0 Å². The molecule has 0 unspecified atom stereocenters. The molecule has 8 nitrogen and oxygen atoms in total. The van der Waals surface area contributed by atoms with Crippen molar-refractivity contribution < 1.29 is 19.0 Å². The summed E-state index contributed by atoms with van der Waals surface area (Å²) in [5.41, 5.74) is 0.922. The lowest BCUT2D eigenvalue weighted by Crippen LogP contribution is -2.23. The van der Waals surface area contributed by atoms with Gasteiger partial charge in [-0.1, -0.05) is 41.4 Å². The maximum atomic E-state index is 13.3. The number of benzene rings is 2. The predicted octanol–water partition coefficient (Wildman–Crippen LogP) is 5.16. The molecule has 0 spiro atoms. The Labute approximate surface area is 210 Å². The summed E-state index contributed by atoms with van der Waals surface area (Å²) in [7, 11) is 1.27. The molecule has 2 aromatic carbocycles. The van der Waals surface area contributed by atoms with E-state index in [9.17, 15) is 9.59 Å². The second-order valence-corrected chi connectivity index (χ2v) is 8.75. The van der Waals surface area contributed by atoms with Gasteiger partial charge in [0, 0.05) is 10.4 Å². The Morgan fingerprint density at radius 2 is 2.03 bits per heavy atom. The van der Waals surface area contributed by atoms with Crippen LogP contribution in [0.25, 0.3) is 10.9 Å². The summed E-state index contributed by atoms with van der Waals surface area (Å²) >= 11 is 9.81. The first kappa shape index (κ1) is 25.7. The Bertz CT molecular complexity index is 1290. The monoisotopic (exact) mass is 549 g/mol. The zero-order chi connectivity index (χ0) is 24.8. The SMILES string of the molecule is CCOc1cc(C=Nn2c([C@H](C)CC)nc3ccc(Br)cc3c2=O)cc(Cl)c1OCC(=O)OC. The van der Waals surface area contributed by atoms with Crippen LogP contribution < -0.4 is 15.0 Å². The largest absolute Gasteiger partial charge is 0.490 e. The average Bonchev–Trinajstić information content (AvgIpc) is 2.82. The summed E-state index contributed by atoms with van der Waals surface area (Å²) in [6.07, 6.45) is 2.30. The van der Waals surface area contributed by atoms with Crippen LogP contribution in [0.15, 0.2) is 44.7 Å². The van der Waals surface area contributed by atoms with Gasteiger partial charge in [0.25, 0.3) is 5.56 Å². The molecule has 0 aliphatic carbocycles. The quantitative estimate of drug-likeness (QED) is 0.270. The van der Waals surface area contributed by atoms with E-state index in [1.807, 2.05) is 32.9 Å². The first-order chi connectivity index (χ1) is 16.3. The molecular formula is C24H25BrClN3O5. The van der Waals surface area contributed by atoms with Crippen LogP contribution in [0.3, 0.4) is 0 Å². The van der Waals surface area contributed by atoms with E-state index < -0.39 is 5.97 Å². The van der Waals surface area contributed by atoms with Gasteiger partial charge in [-0.15, -0.1) is 0 Å². The third-order valence-corrected chi connectivity index (χ3v) is 5.88. The van der Waals surface area contributed by atoms with Gasteiger partial charge in [-0.25, -0.2) is 9.78 Å². The van der Waals surface area contributed by atoms with Gasteiger partial charge >= 0.3 is 5.97 Å². The van der Waals surface area contributed by atoms with Crippen LogP contribution in [0.5, 0.6) is 11.5 Å². The van der Waals surface area contributed by atoms with Gasteiger partial charge in [0.1, 0.15) is 5.82 Å². The van der Waals surface area contributed by atoms with Gasteiger partial charge in [0.2, 0.25) is 0 Å². The molecule has 1 atom stereocenters. The minimum absolute atomic E-state index is 0.00886. The van der Waals surface area contributed by atoms with E-state index in [0.29, 0.717) is 34.6 Å². The first-order valence-corrected chi connectivity index (χ1v) is 11.9. The molecule has 180 valence electrons. The Kier molecular flexibility index (Phi) is 8.68. The topological polar surface area (TPSA) is 92.0 Å². The normalized spacial score (nSPS) is 12.2. The predicted molar refractivity (Wildman–Crippen MR) is 136 cm³/mol. The molecule has 10 heteroatoms. The minimum atomic E-state index is -0.545. The van der Waals surface area contributed by atoms with E-state index >= 15 is 0 Å². The summed E-state index contributed by atoms with van der Waals surface area (Å²) < 4.78 is 17.8. The molecule has 0 bridgehead atoms. The van der Waals surface area contributed by atoms with Crippen LogP contribution in [-0.2, 0) is 9.53 Å². The van der Waals surface area contributed by atoms with Crippen molar-refractivity contribution in [3.8, 4) is 11.5 Å². The lowest BCUT2D eigenvalue weighted by molar-refractivity contribution is -0.142. The van der Waals surface area contributed by atoms with Crippen molar-refractivity contribution >= 4 is 50.6 Å². The van der Waals surface area contributed by atoms with Crippen LogP contribution in [0.4, 0.5) is 0 Å². The number of nitrogens with zero attached hydrogens (tertiary/aromatic N) is 3. The summed E-state index contributed by atoms with van der Waals surface area (Å²) in [6.45, 7) is 5.88. The molecule has 34 heavy (non-hydrogen) atoms. The number of ether oxygens (including phenoxy) is 3. The number of hydrogen-bond donors (Lipinski definition) is 0. The van der Waals surface area contributed by atoms with Gasteiger partial charge in [-0.3, -0.25) is 4.79 Å². The molecule has 0 amide bonds. The van der Waals surface area contributed by atoms with Crippen molar-refractivity contribution in [2.45, 2.75) is 33.1 Å². The summed E-state index contributed by atoms with van der Waals surface area (Å²) in [5.74, 6) is 0.593. The zero-order valence-corrected chi connectivity index (χ0v) is 21.6. The molecule has 1 heterocycles. The molecule has 3 rings (SSSR count). The van der Waals surface area contributed by atoms with Crippen LogP contribution in [-0.4, -0.2) is 42.2 Å². The van der Waals surface area contributed by atoms with E-state index in [0.717, 1.165) is 10.9 Å². The third-order valence-electron chi connectivity index (χ3n) is 5.10. The van der Waals surface area contributed by atoms with E-state index in [1.54, 1.807) is 18.2 Å². The fraction of sp³-hybridized carbons (Fsp3) is 0.333. The molecular weight excluding hydrogens is 526 g/mol. The molecule has 0 N–H and O–H groups in total. The Morgan fingerprint density at radius 3 is 2.71 bits per heavy atom. The Morgan fingerprint density at radius 1 is 1.26 bits per heavy atom. The highest BCUT2D eigenvalue weighted by molar-refractivity contribution is 9.10. The van der Waals surface area contributed by atoms with Gasteiger partial charge in [0.15, 0.2) is 18.1 Å². The summed E-state index contributed by atoms with van der Waals surface area (Å²) in [5, 5.41) is 5.14. The van der Waals surface area contributed by atoms with Crippen LogP contribution in [0.1, 0.15) is 44.5 Å². The van der Waals surface area contributed by atoms with Crippen molar-refractivity contribution in [2.75, 3.05) is 20.3 Å². The second kappa shape index (κ2) is 11.5. The number of methoxy groups -OCH3 is 1. The van der Waals surface area contributed by atoms with Gasteiger partial charge in [-0.05, 0) is 49.2 Å². The fourth-order valence-corrected chi connectivity index (χ4v) is 3.79. The highest BCUT2D eigenvalue weighted by atomic mass is 79.9. The lowest BCUT2D eigenvalue weighted by atomic mass is 10.1. The van der Waals surface area contributed by atoms with Gasteiger partial charge in [-0.2, -0.15) is 9.78 Å². The number of halogens is 2. The Balaban J connectivity index is 2.07. The molecule has 1 aromatic heterocycles. The van der Waals surface area contributed by atoms with Crippen molar-refractivity contribution in [1.29, 1.82) is 0 Å². The highest BCUT2D eigenvalue weighted by Crippen LogP contribution is 2.36. The number of carbonyl (C=O) groups excluding carboxylic acids is 1. The van der Waals surface area contributed by atoms with E-state index in [-0.39, 0.29) is 28.9 Å². The van der Waals surface area contributed by atoms with E-state index in [4.69, 9.17) is 26.1 Å². The highest BCUT2D eigenvalue weighted by Gasteiger charge is 2.17. The molecule has 3 aromatic rings. The van der Waals surface area contributed by atoms with Crippen molar-refractivity contribution in [3.63, 3.8) is 0 Å². The van der Waals surface area contributed by atoms with E-state index in [2.05, 4.69) is 25.8 Å². The summed E-state index contributed by atoms with van der Waals surface area (Å²) in [6, 6.07) is 8.67. The zero-order valence-electron chi connectivity index (χ0n) is 19.3. The lowest BCUT2D eigenvalue weighted by Gasteiger charge is -2.15. The maximum Gasteiger partial charge on any atom is 0.343 e. The first-order valence-electron chi connectivity index (χ1n) is 10.7. The van der Waals surface area contributed by atoms with Crippen LogP contribution >= 0.6 is 27.5 Å². The number of rotatable bonds is 9. The number of carbonyl (C=O) groups is 1. The van der Waals surface area contributed by atoms with Crippen molar-refractivity contribution in [2.24, 2.45) is 5.10 Å². The van der Waals surface area contributed by atoms with Crippen LogP contribution in [0, 0.1) is 0 Å². The van der Waals surface area contributed by atoms with Gasteiger partial charge < -0.3 is 14.2 Å². The fourth-order valence-electron chi connectivity index (χ4n) is 3.16. The number of esters is 1. The molecule has 0 saturated heterocycles. The molecule has 0 radical (unpaired) electrons. The number of aromatic nitrogens is 2. The number of fused-ring (bicyclic) bond motifs is 1. The second-order valence-electron chi connectivity index (χ2n) is 7.43. The smallest absolute Gasteiger partial charge is 0.343 e. The molecule has 0 aliphatic rings. The standard InChI is InChI=1S/C24H25BrClN3O5/c1-5-14(3)23-28-19-8-7-16(25)11-17(19)24(31)29(23)27-12-15-9-18(26)22(20(10-15)33-6-2)34-13-21(30)32-4/h7-12,14H,5-6,13H2,1-4H3/t14-/m1/s1. The van der Waals surface area contributed by atoms with Crippen molar-refractivity contribution in [1.82, 2.24) is 9.66 Å². The summed E-state index contributed by atoms with van der Waals surface area (Å²) in [4.78, 5) is 29.4. The molecule has 0 aliphatic heterocycles. The van der Waals surface area contributed by atoms with Crippen molar-refractivity contribution in [3.05, 3.63) is 61.6 Å². The average molecular weight is 551 g/mol. The number of hydrogen-bond acceptors (Lipinski definition) is 7. The van der Waals surface area contributed by atoms with Crippen LogP contribution in [0.2, 0.25) is 5.02 Å². The molecule has 0 fully saturated rings. The minimum Gasteiger partial charge on any atom is -0.490 e. The maximum absolute atomic E-state index is 13.3. The van der Waals surface area contributed by atoms with Gasteiger partial charge in [0.05, 0.1) is 35.9 Å². The molecule has 0 saturated carbocycles. The third kappa shape index (κ3) is 5.77.